The zero-order valence-electron chi connectivity index (χ0n) is 11.8. The van der Waals surface area contributed by atoms with Crippen LogP contribution in [0.5, 0.6) is 0 Å². The fraction of sp³-hybridized carbons (Fsp3) is 0.200. The molecule has 0 unspecified atom stereocenters. The van der Waals surface area contributed by atoms with Gasteiger partial charge in [-0.1, -0.05) is 12.1 Å². The zero-order valence-corrected chi connectivity index (χ0v) is 12.6. The first-order valence-electron chi connectivity index (χ1n) is 6.52. The molecule has 1 aromatic carbocycles. The SMILES string of the molecule is Cc1ccc2c(C)c(C(=O)NCc3csc(N)n3)oc2c1. The lowest BCUT2D eigenvalue weighted by molar-refractivity contribution is 0.0924. The van der Waals surface area contributed by atoms with Gasteiger partial charge in [-0.15, -0.1) is 11.3 Å². The van der Waals surface area contributed by atoms with Gasteiger partial charge in [-0.25, -0.2) is 4.98 Å². The Hall–Kier alpha value is -2.34. The fourth-order valence-electron chi connectivity index (χ4n) is 2.20. The van der Waals surface area contributed by atoms with Crippen LogP contribution in [0.1, 0.15) is 27.4 Å². The lowest BCUT2D eigenvalue weighted by atomic mass is 10.1. The number of hydrogen-bond acceptors (Lipinski definition) is 5. The molecule has 3 rings (SSSR count). The molecule has 0 fully saturated rings. The molecule has 0 saturated carbocycles. The average molecular weight is 301 g/mol. The average Bonchev–Trinajstić information content (AvgIpc) is 3.00. The highest BCUT2D eigenvalue weighted by molar-refractivity contribution is 7.13. The minimum absolute atomic E-state index is 0.243. The molecule has 3 N–H and O–H groups in total. The predicted octanol–water partition coefficient (Wildman–Crippen LogP) is 3.02. The number of carbonyl (C=O) groups is 1. The summed E-state index contributed by atoms with van der Waals surface area (Å²) in [6, 6.07) is 5.91. The molecule has 0 aliphatic heterocycles. The van der Waals surface area contributed by atoms with Gasteiger partial charge in [0.25, 0.3) is 5.91 Å². The summed E-state index contributed by atoms with van der Waals surface area (Å²) in [4.78, 5) is 16.3. The Morgan fingerprint density at radius 1 is 1.43 bits per heavy atom. The van der Waals surface area contributed by atoms with Crippen LogP contribution in [0.4, 0.5) is 5.13 Å². The van der Waals surface area contributed by atoms with E-state index in [1.54, 1.807) is 0 Å². The van der Waals surface area contributed by atoms with E-state index >= 15 is 0 Å². The number of nitrogen functional groups attached to an aromatic ring is 1. The summed E-state index contributed by atoms with van der Waals surface area (Å²) >= 11 is 1.35. The normalized spacial score (nSPS) is 11.0. The Kier molecular flexibility index (Phi) is 3.39. The van der Waals surface area contributed by atoms with E-state index in [-0.39, 0.29) is 5.91 Å². The van der Waals surface area contributed by atoms with Crippen molar-refractivity contribution in [2.24, 2.45) is 0 Å². The molecule has 2 aromatic heterocycles. The summed E-state index contributed by atoms with van der Waals surface area (Å²) in [7, 11) is 0. The number of rotatable bonds is 3. The minimum atomic E-state index is -0.243. The standard InChI is InChI=1S/C15H15N3O2S/c1-8-3-4-11-9(2)13(20-12(11)5-8)14(19)17-6-10-7-21-15(16)18-10/h3-5,7H,6H2,1-2H3,(H2,16,18)(H,17,19). The summed E-state index contributed by atoms with van der Waals surface area (Å²) in [6.45, 7) is 4.21. The predicted molar refractivity (Wildman–Crippen MR) is 83.4 cm³/mol. The number of anilines is 1. The first-order chi connectivity index (χ1) is 10.0. The molecule has 0 saturated heterocycles. The number of amides is 1. The van der Waals surface area contributed by atoms with Crippen molar-refractivity contribution in [1.82, 2.24) is 10.3 Å². The number of aryl methyl sites for hydroxylation is 2. The van der Waals surface area contributed by atoms with Crippen LogP contribution < -0.4 is 11.1 Å². The monoisotopic (exact) mass is 301 g/mol. The molecule has 3 aromatic rings. The fourth-order valence-corrected chi connectivity index (χ4v) is 2.77. The molecular weight excluding hydrogens is 286 g/mol. The number of furan rings is 1. The van der Waals surface area contributed by atoms with E-state index in [1.807, 2.05) is 37.4 Å². The van der Waals surface area contributed by atoms with Crippen molar-refractivity contribution < 1.29 is 9.21 Å². The van der Waals surface area contributed by atoms with E-state index in [0.29, 0.717) is 17.4 Å². The second kappa shape index (κ2) is 5.21. The number of nitrogens with one attached hydrogen (secondary N) is 1. The van der Waals surface area contributed by atoms with Gasteiger partial charge in [0.05, 0.1) is 12.2 Å². The van der Waals surface area contributed by atoms with Crippen molar-refractivity contribution in [1.29, 1.82) is 0 Å². The number of nitrogens with zero attached hydrogens (tertiary/aromatic N) is 1. The summed E-state index contributed by atoms with van der Waals surface area (Å²) in [6.07, 6.45) is 0. The lowest BCUT2D eigenvalue weighted by Crippen LogP contribution is -2.23. The van der Waals surface area contributed by atoms with Crippen LogP contribution in [0, 0.1) is 13.8 Å². The molecule has 1 amide bonds. The second-order valence-corrected chi connectivity index (χ2v) is 5.81. The highest BCUT2D eigenvalue weighted by Crippen LogP contribution is 2.26. The highest BCUT2D eigenvalue weighted by atomic mass is 32.1. The van der Waals surface area contributed by atoms with Gasteiger partial charge in [0.2, 0.25) is 0 Å². The van der Waals surface area contributed by atoms with Gasteiger partial charge in [0.15, 0.2) is 10.9 Å². The molecule has 108 valence electrons. The summed E-state index contributed by atoms with van der Waals surface area (Å²) in [5, 5.41) is 6.08. The van der Waals surface area contributed by atoms with E-state index in [9.17, 15) is 4.79 Å². The van der Waals surface area contributed by atoms with Crippen LogP contribution in [0.2, 0.25) is 0 Å². The first-order valence-corrected chi connectivity index (χ1v) is 7.40. The van der Waals surface area contributed by atoms with Crippen LogP contribution in [0.15, 0.2) is 28.0 Å². The third kappa shape index (κ3) is 2.62. The Morgan fingerprint density at radius 2 is 2.24 bits per heavy atom. The topological polar surface area (TPSA) is 81.2 Å². The Bertz CT molecular complexity index is 820. The van der Waals surface area contributed by atoms with Crippen LogP contribution in [-0.2, 0) is 6.54 Å². The molecule has 5 nitrogen and oxygen atoms in total. The van der Waals surface area contributed by atoms with E-state index < -0.39 is 0 Å². The molecule has 0 atom stereocenters. The van der Waals surface area contributed by atoms with Gasteiger partial charge in [-0.3, -0.25) is 4.79 Å². The third-order valence-corrected chi connectivity index (χ3v) is 4.02. The number of carbonyl (C=O) groups excluding carboxylic acids is 1. The quantitative estimate of drug-likeness (QED) is 0.779. The van der Waals surface area contributed by atoms with Crippen molar-refractivity contribution in [3.8, 4) is 0 Å². The highest BCUT2D eigenvalue weighted by Gasteiger charge is 2.17. The van der Waals surface area contributed by atoms with Gasteiger partial charge in [0, 0.05) is 16.3 Å². The Balaban J connectivity index is 1.82. The molecule has 0 radical (unpaired) electrons. The molecule has 0 spiro atoms. The van der Waals surface area contributed by atoms with E-state index in [1.165, 1.54) is 11.3 Å². The number of thiazole rings is 1. The maximum Gasteiger partial charge on any atom is 0.287 e. The van der Waals surface area contributed by atoms with E-state index in [0.717, 1.165) is 27.8 Å². The number of hydrogen-bond donors (Lipinski definition) is 2. The summed E-state index contributed by atoms with van der Waals surface area (Å²) < 4.78 is 5.68. The van der Waals surface area contributed by atoms with Gasteiger partial charge >= 0.3 is 0 Å². The Morgan fingerprint density at radius 3 is 2.95 bits per heavy atom. The van der Waals surface area contributed by atoms with Crippen LogP contribution >= 0.6 is 11.3 Å². The van der Waals surface area contributed by atoms with Crippen LogP contribution in [0.25, 0.3) is 11.0 Å². The smallest absolute Gasteiger partial charge is 0.287 e. The molecule has 0 aliphatic rings. The molecular formula is C15H15N3O2S. The van der Waals surface area contributed by atoms with Crippen molar-refractivity contribution in [2.75, 3.05) is 5.73 Å². The summed E-state index contributed by atoms with van der Waals surface area (Å²) in [5.41, 5.74) is 8.99. The van der Waals surface area contributed by atoms with Crippen molar-refractivity contribution in [3.05, 3.63) is 46.2 Å². The maximum absolute atomic E-state index is 12.2. The number of aromatic nitrogens is 1. The third-order valence-electron chi connectivity index (χ3n) is 3.30. The van der Waals surface area contributed by atoms with Crippen molar-refractivity contribution in [3.63, 3.8) is 0 Å². The first kappa shape index (κ1) is 13.6. The Labute approximate surface area is 125 Å². The zero-order chi connectivity index (χ0) is 15.0. The van der Waals surface area contributed by atoms with Gasteiger partial charge < -0.3 is 15.5 Å². The number of nitrogens with two attached hydrogens (primary N) is 1. The minimum Gasteiger partial charge on any atom is -0.451 e. The number of benzene rings is 1. The molecule has 6 heteroatoms. The number of fused-ring (bicyclic) bond motifs is 1. The molecule has 21 heavy (non-hydrogen) atoms. The molecule has 2 heterocycles. The van der Waals surface area contributed by atoms with E-state index in [4.69, 9.17) is 10.2 Å². The van der Waals surface area contributed by atoms with Crippen molar-refractivity contribution in [2.45, 2.75) is 20.4 Å². The van der Waals surface area contributed by atoms with Crippen LogP contribution in [-0.4, -0.2) is 10.9 Å². The summed E-state index contributed by atoms with van der Waals surface area (Å²) in [5.74, 6) is 0.103. The maximum atomic E-state index is 12.2. The van der Waals surface area contributed by atoms with Gasteiger partial charge in [-0.2, -0.15) is 0 Å². The van der Waals surface area contributed by atoms with Crippen LogP contribution in [0.3, 0.4) is 0 Å². The second-order valence-electron chi connectivity index (χ2n) is 4.92. The molecule has 0 bridgehead atoms. The largest absolute Gasteiger partial charge is 0.451 e. The van der Waals surface area contributed by atoms with Gasteiger partial charge in [0.1, 0.15) is 5.58 Å². The molecule has 0 aliphatic carbocycles. The van der Waals surface area contributed by atoms with E-state index in [2.05, 4.69) is 10.3 Å². The van der Waals surface area contributed by atoms with Gasteiger partial charge in [-0.05, 0) is 25.5 Å². The lowest BCUT2D eigenvalue weighted by Gasteiger charge is -2.01. The van der Waals surface area contributed by atoms with Crippen molar-refractivity contribution >= 4 is 33.3 Å².